The van der Waals surface area contributed by atoms with Crippen molar-refractivity contribution < 1.29 is 9.47 Å². The molecule has 4 nitrogen and oxygen atoms in total. The minimum absolute atomic E-state index is 0.230. The van der Waals surface area contributed by atoms with Gasteiger partial charge in [-0.25, -0.2) is 0 Å². The van der Waals surface area contributed by atoms with Crippen LogP contribution in [0.4, 0.5) is 0 Å². The fourth-order valence-corrected chi connectivity index (χ4v) is 2.52. The van der Waals surface area contributed by atoms with Gasteiger partial charge in [0, 0.05) is 46.4 Å². The molecule has 2 aromatic heterocycles. The van der Waals surface area contributed by atoms with E-state index in [1.54, 1.807) is 12.4 Å². The van der Waals surface area contributed by atoms with Gasteiger partial charge in [-0.15, -0.1) is 0 Å². The number of pyridine rings is 1. The lowest BCUT2D eigenvalue weighted by Crippen LogP contribution is -2.02. The van der Waals surface area contributed by atoms with E-state index in [-0.39, 0.29) is 6.79 Å². The Labute approximate surface area is 143 Å². The summed E-state index contributed by atoms with van der Waals surface area (Å²) in [7, 11) is 0. The minimum atomic E-state index is 0.230. The third-order valence-corrected chi connectivity index (χ3v) is 3.94. The molecule has 118 valence electrons. The molecule has 0 atom stereocenters. The van der Waals surface area contributed by atoms with Crippen molar-refractivity contribution in [3.8, 4) is 28.3 Å². The van der Waals surface area contributed by atoms with Gasteiger partial charge in [0.15, 0.2) is 6.79 Å². The molecule has 0 radical (unpaired) electrons. The average molecular weight is 373 g/mol. The van der Waals surface area contributed by atoms with E-state index in [0.29, 0.717) is 6.61 Å². The summed E-state index contributed by atoms with van der Waals surface area (Å²) in [6, 6.07) is 14.0. The molecule has 2 heterocycles. The molecule has 1 aromatic carbocycles. The molecule has 0 fully saturated rings. The fourth-order valence-electron chi connectivity index (χ4n) is 2.26. The van der Waals surface area contributed by atoms with E-state index in [2.05, 4.69) is 25.9 Å². The number of nitrogens with zero attached hydrogens (tertiary/aromatic N) is 1. The van der Waals surface area contributed by atoms with Crippen LogP contribution < -0.4 is 4.74 Å². The topological polar surface area (TPSA) is 47.1 Å². The van der Waals surface area contributed by atoms with Crippen LogP contribution in [0.2, 0.25) is 0 Å². The molecule has 0 aliphatic heterocycles. The quantitative estimate of drug-likeness (QED) is 0.495. The molecule has 0 aliphatic rings. The van der Waals surface area contributed by atoms with E-state index < -0.39 is 0 Å². The van der Waals surface area contributed by atoms with E-state index in [1.807, 2.05) is 49.4 Å². The van der Waals surface area contributed by atoms with Crippen molar-refractivity contribution >= 4 is 15.9 Å². The third-order valence-electron chi connectivity index (χ3n) is 3.41. The standard InChI is InChI=1S/C18H17BrN2O2/c1-2-22-12-23-17-11-16(13-7-9-20-10-8-13)21-18(17)14-3-5-15(19)6-4-14/h3-11,21H,2,12H2,1H3. The van der Waals surface area contributed by atoms with Crippen LogP contribution in [0.1, 0.15) is 6.92 Å². The van der Waals surface area contributed by atoms with Gasteiger partial charge in [-0.05, 0) is 31.2 Å². The van der Waals surface area contributed by atoms with Gasteiger partial charge in [0.25, 0.3) is 0 Å². The van der Waals surface area contributed by atoms with E-state index in [9.17, 15) is 0 Å². The second-order valence-corrected chi connectivity index (χ2v) is 5.84. The number of rotatable bonds is 6. The van der Waals surface area contributed by atoms with Gasteiger partial charge < -0.3 is 14.5 Å². The second kappa shape index (κ2) is 7.44. The molecule has 0 unspecified atom stereocenters. The van der Waals surface area contributed by atoms with Gasteiger partial charge in [0.1, 0.15) is 5.75 Å². The van der Waals surface area contributed by atoms with E-state index >= 15 is 0 Å². The predicted molar refractivity (Wildman–Crippen MR) is 94.3 cm³/mol. The van der Waals surface area contributed by atoms with Crippen molar-refractivity contribution in [1.29, 1.82) is 0 Å². The zero-order valence-electron chi connectivity index (χ0n) is 12.8. The first-order valence-corrected chi connectivity index (χ1v) is 8.17. The second-order valence-electron chi connectivity index (χ2n) is 4.92. The lowest BCUT2D eigenvalue weighted by molar-refractivity contribution is 0.0228. The maximum atomic E-state index is 5.78. The summed E-state index contributed by atoms with van der Waals surface area (Å²) in [4.78, 5) is 7.50. The average Bonchev–Trinajstić information content (AvgIpc) is 3.01. The summed E-state index contributed by atoms with van der Waals surface area (Å²) in [5.74, 6) is 0.771. The Morgan fingerprint density at radius 1 is 1.04 bits per heavy atom. The predicted octanol–water partition coefficient (Wildman–Crippen LogP) is 4.88. The number of aromatic nitrogens is 2. The van der Waals surface area contributed by atoms with Crippen LogP contribution in [0.3, 0.4) is 0 Å². The van der Waals surface area contributed by atoms with Crippen LogP contribution in [0.15, 0.2) is 59.3 Å². The Morgan fingerprint density at radius 3 is 2.48 bits per heavy atom. The third kappa shape index (κ3) is 3.81. The summed E-state index contributed by atoms with van der Waals surface area (Å²) < 4.78 is 12.1. The van der Waals surface area contributed by atoms with Crippen molar-refractivity contribution in [3.63, 3.8) is 0 Å². The van der Waals surface area contributed by atoms with Crippen LogP contribution in [0.25, 0.3) is 22.5 Å². The highest BCUT2D eigenvalue weighted by Gasteiger charge is 2.13. The van der Waals surface area contributed by atoms with E-state index in [0.717, 1.165) is 32.7 Å². The number of hydrogen-bond acceptors (Lipinski definition) is 3. The first-order valence-electron chi connectivity index (χ1n) is 7.38. The van der Waals surface area contributed by atoms with E-state index in [1.165, 1.54) is 0 Å². The number of nitrogens with one attached hydrogen (secondary N) is 1. The highest BCUT2D eigenvalue weighted by atomic mass is 79.9. The van der Waals surface area contributed by atoms with Gasteiger partial charge >= 0.3 is 0 Å². The Hall–Kier alpha value is -2.11. The largest absolute Gasteiger partial charge is 0.465 e. The van der Waals surface area contributed by atoms with Gasteiger partial charge in [-0.2, -0.15) is 0 Å². The van der Waals surface area contributed by atoms with Crippen molar-refractivity contribution in [2.45, 2.75) is 6.92 Å². The molecular weight excluding hydrogens is 356 g/mol. The Kier molecular flexibility index (Phi) is 5.10. The molecule has 0 aliphatic carbocycles. The summed E-state index contributed by atoms with van der Waals surface area (Å²) in [5.41, 5.74) is 4.03. The lowest BCUT2D eigenvalue weighted by Gasteiger charge is -2.07. The summed E-state index contributed by atoms with van der Waals surface area (Å²) >= 11 is 3.46. The van der Waals surface area contributed by atoms with Gasteiger partial charge in [0.05, 0.1) is 5.69 Å². The number of H-pyrrole nitrogens is 1. The van der Waals surface area contributed by atoms with Crippen LogP contribution in [-0.4, -0.2) is 23.4 Å². The number of aromatic amines is 1. The summed E-state index contributed by atoms with van der Waals surface area (Å²) in [6.07, 6.45) is 3.55. The number of hydrogen-bond donors (Lipinski definition) is 1. The highest BCUT2D eigenvalue weighted by Crippen LogP contribution is 2.34. The Morgan fingerprint density at radius 2 is 1.78 bits per heavy atom. The smallest absolute Gasteiger partial charge is 0.189 e. The van der Waals surface area contributed by atoms with Crippen LogP contribution in [0.5, 0.6) is 5.75 Å². The molecule has 0 saturated heterocycles. The lowest BCUT2D eigenvalue weighted by atomic mass is 10.1. The Balaban J connectivity index is 1.98. The van der Waals surface area contributed by atoms with Crippen LogP contribution in [-0.2, 0) is 4.74 Å². The SMILES string of the molecule is CCOCOc1cc(-c2ccncc2)[nH]c1-c1ccc(Br)cc1. The maximum Gasteiger partial charge on any atom is 0.189 e. The van der Waals surface area contributed by atoms with Crippen molar-refractivity contribution in [1.82, 2.24) is 9.97 Å². The molecule has 3 aromatic rings. The monoisotopic (exact) mass is 372 g/mol. The molecule has 5 heteroatoms. The van der Waals surface area contributed by atoms with Crippen molar-refractivity contribution in [2.75, 3.05) is 13.4 Å². The van der Waals surface area contributed by atoms with Crippen molar-refractivity contribution in [2.24, 2.45) is 0 Å². The molecule has 0 spiro atoms. The highest BCUT2D eigenvalue weighted by molar-refractivity contribution is 9.10. The molecule has 0 bridgehead atoms. The zero-order chi connectivity index (χ0) is 16.1. The minimum Gasteiger partial charge on any atom is -0.465 e. The number of benzene rings is 1. The zero-order valence-corrected chi connectivity index (χ0v) is 14.3. The maximum absolute atomic E-state index is 5.78. The van der Waals surface area contributed by atoms with Gasteiger partial charge in [0.2, 0.25) is 0 Å². The molecule has 0 amide bonds. The van der Waals surface area contributed by atoms with Crippen LogP contribution >= 0.6 is 15.9 Å². The Bertz CT molecular complexity index is 754. The molecule has 1 N–H and O–H groups in total. The van der Waals surface area contributed by atoms with Crippen molar-refractivity contribution in [3.05, 3.63) is 59.3 Å². The molecule has 3 rings (SSSR count). The van der Waals surface area contributed by atoms with Gasteiger partial charge in [-0.1, -0.05) is 28.1 Å². The van der Waals surface area contributed by atoms with Crippen LogP contribution in [0, 0.1) is 0 Å². The summed E-state index contributed by atoms with van der Waals surface area (Å²) in [6.45, 7) is 2.79. The summed E-state index contributed by atoms with van der Waals surface area (Å²) in [5, 5.41) is 0. The van der Waals surface area contributed by atoms with Gasteiger partial charge in [-0.3, -0.25) is 4.98 Å². The number of ether oxygens (including phenoxy) is 2. The number of halogens is 1. The van der Waals surface area contributed by atoms with E-state index in [4.69, 9.17) is 9.47 Å². The molecular formula is C18H17BrN2O2. The molecule has 23 heavy (non-hydrogen) atoms. The first kappa shape index (κ1) is 15.8. The molecule has 0 saturated carbocycles. The first-order chi connectivity index (χ1) is 11.3. The normalized spacial score (nSPS) is 10.7. The fraction of sp³-hybridized carbons (Fsp3) is 0.167.